The summed E-state index contributed by atoms with van der Waals surface area (Å²) >= 11 is 0. The summed E-state index contributed by atoms with van der Waals surface area (Å²) in [5.74, 6) is 1.93. The summed E-state index contributed by atoms with van der Waals surface area (Å²) in [6.45, 7) is 2.37. The first kappa shape index (κ1) is 14.1. The fourth-order valence-corrected chi connectivity index (χ4v) is 3.95. The zero-order chi connectivity index (χ0) is 12.8. The van der Waals surface area contributed by atoms with Crippen LogP contribution < -0.4 is 5.32 Å². The van der Waals surface area contributed by atoms with Crippen molar-refractivity contribution in [1.29, 1.82) is 0 Å². The second-order valence-electron chi connectivity index (χ2n) is 6.41. The van der Waals surface area contributed by atoms with Crippen molar-refractivity contribution in [3.63, 3.8) is 0 Å². The fraction of sp³-hybridized carbons (Fsp3) is 0.882. The van der Waals surface area contributed by atoms with Crippen LogP contribution >= 0.6 is 0 Å². The topological polar surface area (TPSA) is 12.0 Å². The van der Waals surface area contributed by atoms with Crippen LogP contribution in [0.1, 0.15) is 71.1 Å². The van der Waals surface area contributed by atoms with Crippen molar-refractivity contribution >= 4 is 0 Å². The normalized spacial score (nSPS) is 30.9. The number of hydrogen-bond donors (Lipinski definition) is 1. The smallest absolute Gasteiger partial charge is 0.0130 e. The summed E-state index contributed by atoms with van der Waals surface area (Å²) in [5, 5.41) is 3.62. The van der Waals surface area contributed by atoms with Gasteiger partial charge in [0.25, 0.3) is 0 Å². The van der Waals surface area contributed by atoms with Gasteiger partial charge in [-0.1, -0.05) is 37.8 Å². The average Bonchev–Trinajstić information content (AvgIpc) is 2.46. The van der Waals surface area contributed by atoms with Crippen LogP contribution in [0.15, 0.2) is 11.6 Å². The third-order valence-electron chi connectivity index (χ3n) is 5.21. The van der Waals surface area contributed by atoms with E-state index in [9.17, 15) is 0 Å². The molecule has 1 nitrogen and oxygen atoms in total. The molecule has 3 unspecified atom stereocenters. The molecule has 0 aromatic rings. The highest BCUT2D eigenvalue weighted by atomic mass is 14.9. The van der Waals surface area contributed by atoms with Crippen molar-refractivity contribution in [2.75, 3.05) is 7.05 Å². The molecule has 0 bridgehead atoms. The number of nitrogens with one attached hydrogen (secondary N) is 1. The van der Waals surface area contributed by atoms with Gasteiger partial charge in [0.2, 0.25) is 0 Å². The van der Waals surface area contributed by atoms with E-state index in [-0.39, 0.29) is 0 Å². The molecule has 1 saturated carbocycles. The van der Waals surface area contributed by atoms with Crippen LogP contribution in [0.5, 0.6) is 0 Å². The molecular formula is C17H31N. The third kappa shape index (κ3) is 3.85. The number of allylic oxidation sites excluding steroid dienone is 1. The Balaban J connectivity index is 1.88. The standard InChI is InChI=1S/C17H31N/c1-3-14-10-7-11-16(12-14)17(18-2)13-15-8-5-4-6-9-15/h8,14,16-18H,3-7,9-13H2,1-2H3. The van der Waals surface area contributed by atoms with E-state index in [2.05, 4.69) is 25.4 Å². The van der Waals surface area contributed by atoms with Gasteiger partial charge in [-0.15, -0.1) is 0 Å². The van der Waals surface area contributed by atoms with Crippen LogP contribution in [0.3, 0.4) is 0 Å². The molecule has 104 valence electrons. The predicted molar refractivity (Wildman–Crippen MR) is 79.8 cm³/mol. The molecule has 0 aromatic heterocycles. The first-order valence-corrected chi connectivity index (χ1v) is 8.18. The summed E-state index contributed by atoms with van der Waals surface area (Å²) in [6.07, 6.45) is 16.6. The highest BCUT2D eigenvalue weighted by Crippen LogP contribution is 2.35. The van der Waals surface area contributed by atoms with Crippen LogP contribution in [0.4, 0.5) is 0 Å². The number of hydrogen-bond acceptors (Lipinski definition) is 1. The van der Waals surface area contributed by atoms with E-state index in [4.69, 9.17) is 0 Å². The van der Waals surface area contributed by atoms with Crippen LogP contribution in [0, 0.1) is 11.8 Å². The van der Waals surface area contributed by atoms with Gasteiger partial charge >= 0.3 is 0 Å². The second kappa shape index (κ2) is 7.33. The molecule has 0 heterocycles. The minimum atomic E-state index is 0.740. The van der Waals surface area contributed by atoms with Gasteiger partial charge in [-0.3, -0.25) is 0 Å². The lowest BCUT2D eigenvalue weighted by molar-refractivity contribution is 0.211. The quantitative estimate of drug-likeness (QED) is 0.698. The molecule has 3 atom stereocenters. The molecule has 2 aliphatic carbocycles. The first-order chi connectivity index (χ1) is 8.83. The van der Waals surface area contributed by atoms with Gasteiger partial charge < -0.3 is 5.32 Å². The minimum Gasteiger partial charge on any atom is -0.316 e. The molecule has 1 fully saturated rings. The molecular weight excluding hydrogens is 218 g/mol. The summed E-state index contributed by atoms with van der Waals surface area (Å²) in [5.41, 5.74) is 1.74. The Morgan fingerprint density at radius 3 is 2.83 bits per heavy atom. The molecule has 0 aromatic carbocycles. The van der Waals surface area contributed by atoms with E-state index in [1.807, 2.05) is 0 Å². The summed E-state index contributed by atoms with van der Waals surface area (Å²) in [7, 11) is 2.17. The maximum atomic E-state index is 3.62. The molecule has 0 aliphatic heterocycles. The van der Waals surface area contributed by atoms with E-state index >= 15 is 0 Å². The van der Waals surface area contributed by atoms with Gasteiger partial charge in [-0.2, -0.15) is 0 Å². The van der Waals surface area contributed by atoms with Crippen LogP contribution in [0.2, 0.25) is 0 Å². The van der Waals surface area contributed by atoms with Gasteiger partial charge in [0.1, 0.15) is 0 Å². The molecule has 1 heteroatoms. The van der Waals surface area contributed by atoms with Gasteiger partial charge in [-0.05, 0) is 63.8 Å². The van der Waals surface area contributed by atoms with E-state index in [0.717, 1.165) is 17.9 Å². The minimum absolute atomic E-state index is 0.740. The Morgan fingerprint density at radius 2 is 2.17 bits per heavy atom. The van der Waals surface area contributed by atoms with Crippen molar-refractivity contribution in [2.24, 2.45) is 11.8 Å². The van der Waals surface area contributed by atoms with Gasteiger partial charge in [0, 0.05) is 6.04 Å². The largest absolute Gasteiger partial charge is 0.316 e. The van der Waals surface area contributed by atoms with Gasteiger partial charge in [0.15, 0.2) is 0 Å². The monoisotopic (exact) mass is 249 g/mol. The van der Waals surface area contributed by atoms with E-state index < -0.39 is 0 Å². The first-order valence-electron chi connectivity index (χ1n) is 8.18. The highest BCUT2D eigenvalue weighted by molar-refractivity contribution is 5.07. The van der Waals surface area contributed by atoms with Crippen molar-refractivity contribution in [3.05, 3.63) is 11.6 Å². The lowest BCUT2D eigenvalue weighted by Crippen LogP contribution is -2.37. The molecule has 1 N–H and O–H groups in total. The summed E-state index contributed by atoms with van der Waals surface area (Å²) < 4.78 is 0. The van der Waals surface area contributed by atoms with E-state index in [1.54, 1.807) is 5.57 Å². The maximum Gasteiger partial charge on any atom is 0.0130 e. The van der Waals surface area contributed by atoms with Crippen molar-refractivity contribution in [3.8, 4) is 0 Å². The molecule has 0 saturated heterocycles. The van der Waals surface area contributed by atoms with E-state index in [1.165, 1.54) is 64.2 Å². The fourth-order valence-electron chi connectivity index (χ4n) is 3.95. The third-order valence-corrected chi connectivity index (χ3v) is 5.21. The van der Waals surface area contributed by atoms with Crippen molar-refractivity contribution in [1.82, 2.24) is 5.32 Å². The molecule has 0 radical (unpaired) electrons. The average molecular weight is 249 g/mol. The molecule has 2 rings (SSSR count). The Morgan fingerprint density at radius 1 is 1.28 bits per heavy atom. The molecule has 0 spiro atoms. The predicted octanol–water partition coefficient (Wildman–Crippen LogP) is 4.68. The molecule has 18 heavy (non-hydrogen) atoms. The SMILES string of the molecule is CCC1CCCC(C(CC2=CCCCC2)NC)C1. The molecule has 0 amide bonds. The maximum absolute atomic E-state index is 3.62. The van der Waals surface area contributed by atoms with Crippen LogP contribution in [0.25, 0.3) is 0 Å². The van der Waals surface area contributed by atoms with Crippen LogP contribution in [-0.2, 0) is 0 Å². The highest BCUT2D eigenvalue weighted by Gasteiger charge is 2.27. The van der Waals surface area contributed by atoms with Crippen molar-refractivity contribution < 1.29 is 0 Å². The lowest BCUT2D eigenvalue weighted by atomic mass is 9.75. The zero-order valence-electron chi connectivity index (χ0n) is 12.4. The lowest BCUT2D eigenvalue weighted by Gasteiger charge is -2.35. The Bertz CT molecular complexity index is 269. The molecule has 2 aliphatic rings. The Labute approximate surface area is 113 Å². The van der Waals surface area contributed by atoms with Crippen molar-refractivity contribution in [2.45, 2.75) is 77.2 Å². The Kier molecular flexibility index (Phi) is 5.75. The Hall–Kier alpha value is -0.300. The van der Waals surface area contributed by atoms with Gasteiger partial charge in [-0.25, -0.2) is 0 Å². The van der Waals surface area contributed by atoms with Gasteiger partial charge in [0.05, 0.1) is 0 Å². The van der Waals surface area contributed by atoms with Crippen LogP contribution in [-0.4, -0.2) is 13.1 Å². The summed E-state index contributed by atoms with van der Waals surface area (Å²) in [4.78, 5) is 0. The number of rotatable bonds is 5. The summed E-state index contributed by atoms with van der Waals surface area (Å²) in [6, 6.07) is 0.740. The van der Waals surface area contributed by atoms with E-state index in [0.29, 0.717) is 0 Å². The zero-order valence-corrected chi connectivity index (χ0v) is 12.4. The second-order valence-corrected chi connectivity index (χ2v) is 6.41.